The summed E-state index contributed by atoms with van der Waals surface area (Å²) in [7, 11) is 1.80. The van der Waals surface area contributed by atoms with Gasteiger partial charge in [0.05, 0.1) is 10.2 Å². The van der Waals surface area contributed by atoms with Crippen LogP contribution < -0.4 is 5.32 Å². The van der Waals surface area contributed by atoms with E-state index in [4.69, 9.17) is 0 Å². The smallest absolute Gasteiger partial charge is 0.251 e. The van der Waals surface area contributed by atoms with E-state index in [2.05, 4.69) is 21.2 Å². The van der Waals surface area contributed by atoms with Crippen LogP contribution in [-0.2, 0) is 18.3 Å². The topological polar surface area (TPSA) is 51.1 Å². The second-order valence-electron chi connectivity index (χ2n) is 4.01. The molecule has 0 bridgehead atoms. The van der Waals surface area contributed by atoms with Gasteiger partial charge in [-0.3, -0.25) is 9.59 Å². The van der Waals surface area contributed by atoms with Crippen LogP contribution >= 0.6 is 15.9 Å². The Morgan fingerprint density at radius 3 is 2.88 bits per heavy atom. The van der Waals surface area contributed by atoms with Gasteiger partial charge in [0.2, 0.25) is 5.78 Å². The molecule has 0 radical (unpaired) electrons. The van der Waals surface area contributed by atoms with E-state index < -0.39 is 11.6 Å². The molecule has 0 amide bonds. The number of allylic oxidation sites excluding steroid dienone is 1. The lowest BCUT2D eigenvalue weighted by atomic mass is 9.93. The van der Waals surface area contributed by atoms with Crippen LogP contribution in [-0.4, -0.2) is 22.7 Å². The van der Waals surface area contributed by atoms with Crippen molar-refractivity contribution in [1.82, 2.24) is 9.88 Å². The van der Waals surface area contributed by atoms with Gasteiger partial charge in [0, 0.05) is 25.4 Å². The Balaban J connectivity index is 2.41. The largest absolute Gasteiger partial charge is 0.383 e. The van der Waals surface area contributed by atoms with Crippen LogP contribution in [0.4, 0.5) is 0 Å². The summed E-state index contributed by atoms with van der Waals surface area (Å²) in [4.78, 5) is 23.6. The molecule has 16 heavy (non-hydrogen) atoms. The second kappa shape index (κ2) is 3.07. The minimum Gasteiger partial charge on any atom is -0.383 e. The zero-order chi connectivity index (χ0) is 11.4. The molecule has 5 heteroatoms. The first-order valence-electron chi connectivity index (χ1n) is 5.02. The molecule has 0 spiro atoms. The Hall–Kier alpha value is -1.36. The molecule has 82 valence electrons. The maximum Gasteiger partial charge on any atom is 0.251 e. The Morgan fingerprint density at radius 2 is 2.12 bits per heavy atom. The molecule has 4 nitrogen and oxygen atoms in total. The van der Waals surface area contributed by atoms with Crippen LogP contribution in [0.15, 0.2) is 10.7 Å². The van der Waals surface area contributed by atoms with Crippen LogP contribution in [0.5, 0.6) is 0 Å². The molecule has 2 heterocycles. The third kappa shape index (κ3) is 1.04. The highest BCUT2D eigenvalue weighted by atomic mass is 79.9. The highest BCUT2D eigenvalue weighted by Crippen LogP contribution is 2.36. The minimum atomic E-state index is -0.468. The van der Waals surface area contributed by atoms with Crippen molar-refractivity contribution in [3.05, 3.63) is 27.5 Å². The number of aryl methyl sites for hydroxylation is 1. The summed E-state index contributed by atoms with van der Waals surface area (Å²) in [6, 6.07) is 0. The molecule has 0 atom stereocenters. The van der Waals surface area contributed by atoms with Gasteiger partial charge < -0.3 is 9.88 Å². The first-order chi connectivity index (χ1) is 7.61. The summed E-state index contributed by atoms with van der Waals surface area (Å²) in [5.41, 5.74) is 3.29. The van der Waals surface area contributed by atoms with Gasteiger partial charge in [-0.25, -0.2) is 0 Å². The van der Waals surface area contributed by atoms with Gasteiger partial charge in [-0.2, -0.15) is 0 Å². The van der Waals surface area contributed by atoms with E-state index in [0.717, 1.165) is 29.8 Å². The van der Waals surface area contributed by atoms with E-state index in [9.17, 15) is 9.59 Å². The Bertz CT molecular complexity index is 569. The monoisotopic (exact) mass is 280 g/mol. The fourth-order valence-electron chi connectivity index (χ4n) is 2.35. The van der Waals surface area contributed by atoms with Crippen molar-refractivity contribution >= 4 is 33.2 Å². The molecule has 0 aromatic carbocycles. The molecule has 2 aliphatic rings. The van der Waals surface area contributed by atoms with Gasteiger partial charge in [-0.1, -0.05) is 0 Å². The minimum absolute atomic E-state index is 0.358. The maximum atomic E-state index is 11.9. The van der Waals surface area contributed by atoms with E-state index in [1.807, 2.05) is 6.20 Å². The van der Waals surface area contributed by atoms with Crippen molar-refractivity contribution in [2.45, 2.75) is 6.42 Å². The van der Waals surface area contributed by atoms with Crippen molar-refractivity contribution in [3.8, 4) is 0 Å². The van der Waals surface area contributed by atoms with Gasteiger partial charge >= 0.3 is 0 Å². The van der Waals surface area contributed by atoms with E-state index in [0.29, 0.717) is 10.2 Å². The predicted octanol–water partition coefficient (Wildman–Crippen LogP) is 1.000. The standard InChI is InChI=1S/C11H9BrN2O2/c1-14-4-5-2-3-13-8-6(5)9(14)11(16)10(15)7(8)12/h4,13H,2-3H2,1H3. The molecule has 0 unspecified atom stereocenters. The molecule has 0 fully saturated rings. The number of aromatic nitrogens is 1. The molecule has 1 aliphatic heterocycles. The van der Waals surface area contributed by atoms with E-state index in [1.165, 1.54) is 0 Å². The second-order valence-corrected chi connectivity index (χ2v) is 4.81. The predicted molar refractivity (Wildman–Crippen MR) is 62.3 cm³/mol. The summed E-state index contributed by atoms with van der Waals surface area (Å²) in [6.07, 6.45) is 2.82. The number of hydrogen-bond donors (Lipinski definition) is 1. The van der Waals surface area contributed by atoms with Crippen molar-refractivity contribution in [1.29, 1.82) is 0 Å². The van der Waals surface area contributed by atoms with E-state index in [1.54, 1.807) is 11.6 Å². The number of carbonyl (C=O) groups is 2. The Morgan fingerprint density at radius 1 is 1.38 bits per heavy atom. The fourth-order valence-corrected chi connectivity index (χ4v) is 2.87. The van der Waals surface area contributed by atoms with Gasteiger partial charge in [0.1, 0.15) is 5.69 Å². The van der Waals surface area contributed by atoms with Crippen LogP contribution in [0.2, 0.25) is 0 Å². The number of Topliss-reactive ketones (excluding diaryl/α,β-unsaturated/α-hetero) is 2. The zero-order valence-electron chi connectivity index (χ0n) is 8.63. The van der Waals surface area contributed by atoms with Crippen LogP contribution in [0.3, 0.4) is 0 Å². The number of halogens is 1. The molecule has 3 rings (SSSR count). The van der Waals surface area contributed by atoms with Gasteiger partial charge in [-0.05, 0) is 27.9 Å². The fraction of sp³-hybridized carbons (Fsp3) is 0.273. The van der Waals surface area contributed by atoms with Gasteiger partial charge in [0.25, 0.3) is 5.78 Å². The molecule has 1 N–H and O–H groups in total. The van der Waals surface area contributed by atoms with E-state index >= 15 is 0 Å². The highest BCUT2D eigenvalue weighted by molar-refractivity contribution is 9.12. The lowest BCUT2D eigenvalue weighted by Crippen LogP contribution is -2.31. The van der Waals surface area contributed by atoms with Crippen molar-refractivity contribution < 1.29 is 9.59 Å². The number of nitrogens with one attached hydrogen (secondary N) is 1. The Kier molecular flexibility index (Phi) is 1.89. The van der Waals surface area contributed by atoms with Crippen LogP contribution in [0, 0.1) is 0 Å². The maximum absolute atomic E-state index is 11.9. The summed E-state index contributed by atoms with van der Waals surface area (Å²) in [5, 5.41) is 3.18. The van der Waals surface area contributed by atoms with Gasteiger partial charge in [-0.15, -0.1) is 0 Å². The normalized spacial score (nSPS) is 18.6. The number of hydrogen-bond acceptors (Lipinski definition) is 3. The van der Waals surface area contributed by atoms with Crippen LogP contribution in [0.25, 0.3) is 5.70 Å². The average Bonchev–Trinajstić information content (AvgIpc) is 2.60. The molecular formula is C11H9BrN2O2. The molecule has 1 aliphatic carbocycles. The summed E-state index contributed by atoms with van der Waals surface area (Å²) < 4.78 is 2.11. The number of carbonyl (C=O) groups excluding carboxylic acids is 2. The highest BCUT2D eigenvalue weighted by Gasteiger charge is 2.37. The zero-order valence-corrected chi connectivity index (χ0v) is 10.2. The molecular weight excluding hydrogens is 272 g/mol. The number of ketones is 2. The van der Waals surface area contributed by atoms with Crippen molar-refractivity contribution in [2.24, 2.45) is 7.05 Å². The Labute approximate surface area is 100 Å². The van der Waals surface area contributed by atoms with Gasteiger partial charge in [0.15, 0.2) is 0 Å². The van der Waals surface area contributed by atoms with Crippen molar-refractivity contribution in [3.63, 3.8) is 0 Å². The summed E-state index contributed by atoms with van der Waals surface area (Å²) in [5.74, 6) is -0.896. The number of rotatable bonds is 0. The first kappa shape index (κ1) is 9.84. The lowest BCUT2D eigenvalue weighted by molar-refractivity contribution is -0.111. The molecule has 1 aromatic rings. The summed E-state index contributed by atoms with van der Waals surface area (Å²) in [6.45, 7) is 0.794. The number of nitrogens with zero attached hydrogens (tertiary/aromatic N) is 1. The third-order valence-electron chi connectivity index (χ3n) is 3.05. The quantitative estimate of drug-likeness (QED) is 0.722. The van der Waals surface area contributed by atoms with Crippen LogP contribution in [0.1, 0.15) is 21.6 Å². The lowest BCUT2D eigenvalue weighted by Gasteiger charge is -2.23. The first-order valence-corrected chi connectivity index (χ1v) is 5.82. The van der Waals surface area contributed by atoms with E-state index in [-0.39, 0.29) is 0 Å². The third-order valence-corrected chi connectivity index (χ3v) is 3.80. The molecule has 0 saturated carbocycles. The van der Waals surface area contributed by atoms with Crippen molar-refractivity contribution in [2.75, 3.05) is 6.54 Å². The SMILES string of the molecule is Cn1cc2c3c1C(=O)C(=O)C(Br)=C3NCC2. The molecule has 1 aromatic heterocycles. The average molecular weight is 281 g/mol. The summed E-state index contributed by atoms with van der Waals surface area (Å²) >= 11 is 3.21. The molecule has 0 saturated heterocycles.